The van der Waals surface area contributed by atoms with Crippen molar-refractivity contribution in [1.82, 2.24) is 0 Å². The molecule has 9 rings (SSSR count). The predicted molar refractivity (Wildman–Crippen MR) is 190 cm³/mol. The topological polar surface area (TPSA) is 0 Å². The van der Waals surface area contributed by atoms with Crippen LogP contribution in [-0.2, 0) is 27.7 Å². The minimum Gasteiger partial charge on any atom is -1.00 e. The first kappa shape index (κ1) is 32.0. The molecule has 0 fully saturated rings. The van der Waals surface area contributed by atoms with Gasteiger partial charge >= 0.3 is 278 Å². The minimum absolute atomic E-state index is 0. The summed E-state index contributed by atoms with van der Waals surface area (Å²) in [5.41, 5.74) is 8.40. The molecule has 0 unspecified atom stereocenters. The molecule has 0 saturated heterocycles. The van der Waals surface area contributed by atoms with Gasteiger partial charge in [0.1, 0.15) is 0 Å². The standard InChI is InChI=1S/C21H13.C17H11Cl.C5H5.2ClH.Zr/c1-2-8-15-14(7-1)13-20-18-11-4-3-9-16(18)17-10-5-6-12-19(17)21(15)20;18-16-10-8-13(9-11-16)12-15-6-3-5-14-4-1-2-7-17(14)15;1-2-4-5-3-1;;;/h1-10,12H,13H2;1-11H;1-5H;2*1H;/q;;;;;+2/p-2. The van der Waals surface area contributed by atoms with Crippen LogP contribution in [0.3, 0.4) is 0 Å². The van der Waals surface area contributed by atoms with E-state index in [9.17, 15) is 0 Å². The zero-order chi connectivity index (χ0) is 29.9. The van der Waals surface area contributed by atoms with Crippen molar-refractivity contribution in [2.75, 3.05) is 0 Å². The molecular formula is C43H29Cl3Zr. The SMILES string of the molecule is Clc1ccc([C](c2cccc3ccccc23)=[Zr+2]([c]2cccc3c2c2c(c4ccccc43)-c3ccccc3C2)[CH]2C=CC=C2)cc1.[Cl-].[Cl-]. The van der Waals surface area contributed by atoms with Gasteiger partial charge in [0.05, 0.1) is 0 Å². The normalized spacial score (nSPS) is 13.3. The molecule has 0 N–H and O–H groups in total. The van der Waals surface area contributed by atoms with E-state index in [1.54, 1.807) is 3.27 Å². The van der Waals surface area contributed by atoms with Crippen LogP contribution in [0.5, 0.6) is 0 Å². The first-order chi connectivity index (χ1) is 22.3. The Morgan fingerprint density at radius 1 is 0.596 bits per heavy atom. The predicted octanol–water partition coefficient (Wildman–Crippen LogP) is 4.81. The molecule has 0 nitrogen and oxygen atoms in total. The van der Waals surface area contributed by atoms with Gasteiger partial charge in [0.15, 0.2) is 0 Å². The van der Waals surface area contributed by atoms with Crippen LogP contribution in [0.2, 0.25) is 8.65 Å². The maximum absolute atomic E-state index is 6.51. The van der Waals surface area contributed by atoms with Crippen molar-refractivity contribution < 1.29 is 46.1 Å². The van der Waals surface area contributed by atoms with Crippen LogP contribution in [0.4, 0.5) is 0 Å². The molecule has 0 spiro atoms. The van der Waals surface area contributed by atoms with Crippen molar-refractivity contribution in [3.63, 3.8) is 0 Å². The zero-order valence-electron chi connectivity index (χ0n) is 25.4. The van der Waals surface area contributed by atoms with Crippen molar-refractivity contribution in [2.45, 2.75) is 10.0 Å². The third kappa shape index (κ3) is 5.29. The second kappa shape index (κ2) is 13.1. The fourth-order valence-electron chi connectivity index (χ4n) is 7.76. The van der Waals surface area contributed by atoms with Crippen LogP contribution in [0.1, 0.15) is 22.3 Å². The molecule has 0 radical (unpaired) electrons. The average molecular weight is 743 g/mol. The summed E-state index contributed by atoms with van der Waals surface area (Å²) in [4.78, 5) is 0. The van der Waals surface area contributed by atoms with E-state index in [4.69, 9.17) is 11.6 Å². The van der Waals surface area contributed by atoms with Crippen LogP contribution in [0, 0.1) is 0 Å². The Labute approximate surface area is 300 Å². The van der Waals surface area contributed by atoms with Crippen LogP contribution in [0.25, 0.3) is 43.4 Å². The summed E-state index contributed by atoms with van der Waals surface area (Å²) in [6.45, 7) is 0. The second-order valence-electron chi connectivity index (χ2n) is 12.1. The maximum Gasteiger partial charge on any atom is -1.00 e. The molecule has 226 valence electrons. The summed E-state index contributed by atoms with van der Waals surface area (Å²) in [6, 6.07) is 49.6. The Kier molecular flexibility index (Phi) is 8.95. The summed E-state index contributed by atoms with van der Waals surface area (Å²) in [7, 11) is 0. The van der Waals surface area contributed by atoms with E-state index in [0.717, 1.165) is 11.4 Å². The summed E-state index contributed by atoms with van der Waals surface area (Å²) >= 11 is 3.65. The van der Waals surface area contributed by atoms with Gasteiger partial charge in [-0.1, -0.05) is 0 Å². The van der Waals surface area contributed by atoms with Gasteiger partial charge < -0.3 is 24.8 Å². The van der Waals surface area contributed by atoms with E-state index < -0.39 is 21.3 Å². The van der Waals surface area contributed by atoms with Crippen molar-refractivity contribution in [2.24, 2.45) is 0 Å². The molecule has 0 atom stereocenters. The largest absolute Gasteiger partial charge is 1.00 e. The Bertz CT molecular complexity index is 2400. The fourth-order valence-corrected chi connectivity index (χ4v) is 16.2. The van der Waals surface area contributed by atoms with Crippen LogP contribution < -0.4 is 28.1 Å². The number of hydrogen-bond acceptors (Lipinski definition) is 0. The summed E-state index contributed by atoms with van der Waals surface area (Å²) in [5, 5.41) is 8.95. The Hall–Kier alpha value is -3.58. The van der Waals surface area contributed by atoms with Crippen LogP contribution in [-0.4, -0.2) is 3.21 Å². The molecule has 0 aliphatic heterocycles. The molecule has 0 bridgehead atoms. The number of fused-ring (bicyclic) bond motifs is 9. The van der Waals surface area contributed by atoms with Crippen molar-refractivity contribution in [3.8, 4) is 11.1 Å². The van der Waals surface area contributed by atoms with Gasteiger partial charge in [0.25, 0.3) is 0 Å². The number of hydrogen-bond donors (Lipinski definition) is 0. The summed E-state index contributed by atoms with van der Waals surface area (Å²) < 4.78 is 3.49. The van der Waals surface area contributed by atoms with Crippen molar-refractivity contribution in [3.05, 3.63) is 185 Å². The smallest absolute Gasteiger partial charge is 1.00 e. The molecule has 0 saturated carbocycles. The van der Waals surface area contributed by atoms with E-state index >= 15 is 0 Å². The molecule has 0 aromatic heterocycles. The number of allylic oxidation sites excluding steroid dienone is 4. The first-order valence-corrected chi connectivity index (χ1v) is 19.9. The Morgan fingerprint density at radius 3 is 2.04 bits per heavy atom. The second-order valence-corrected chi connectivity index (χ2v) is 18.7. The summed E-state index contributed by atoms with van der Waals surface area (Å²) in [5.74, 6) is 0. The molecule has 2 aliphatic carbocycles. The quantitative estimate of drug-likeness (QED) is 0.228. The molecule has 2 aliphatic rings. The molecule has 4 heteroatoms. The van der Waals surface area contributed by atoms with Gasteiger partial charge in [-0.2, -0.15) is 0 Å². The third-order valence-corrected chi connectivity index (χ3v) is 17.6. The van der Waals surface area contributed by atoms with Gasteiger partial charge in [-0.3, -0.25) is 0 Å². The average Bonchev–Trinajstić information content (AvgIpc) is 3.76. The third-order valence-electron chi connectivity index (χ3n) is 9.64. The number of halogens is 3. The van der Waals surface area contributed by atoms with E-state index in [1.165, 1.54) is 68.9 Å². The van der Waals surface area contributed by atoms with Gasteiger partial charge in [0, 0.05) is 0 Å². The van der Waals surface area contributed by atoms with E-state index in [1.807, 2.05) is 0 Å². The van der Waals surface area contributed by atoms with E-state index in [0.29, 0.717) is 3.63 Å². The van der Waals surface area contributed by atoms with Gasteiger partial charge in [0.2, 0.25) is 0 Å². The zero-order valence-corrected chi connectivity index (χ0v) is 30.2. The van der Waals surface area contributed by atoms with E-state index in [-0.39, 0.29) is 24.8 Å². The molecular weight excluding hydrogens is 714 g/mol. The van der Waals surface area contributed by atoms with Crippen molar-refractivity contribution >= 4 is 50.4 Å². The minimum atomic E-state index is -2.86. The molecule has 7 aromatic rings. The first-order valence-electron chi connectivity index (χ1n) is 15.6. The summed E-state index contributed by atoms with van der Waals surface area (Å²) in [6.07, 6.45) is 10.4. The molecule has 47 heavy (non-hydrogen) atoms. The van der Waals surface area contributed by atoms with Crippen LogP contribution >= 0.6 is 11.6 Å². The monoisotopic (exact) mass is 740 g/mol. The fraction of sp³-hybridized carbons (Fsp3) is 0.0465. The van der Waals surface area contributed by atoms with Crippen LogP contribution in [0.15, 0.2) is 158 Å². The van der Waals surface area contributed by atoms with Gasteiger partial charge in [-0.05, 0) is 0 Å². The molecule has 0 amide bonds. The Morgan fingerprint density at radius 2 is 1.23 bits per heavy atom. The van der Waals surface area contributed by atoms with E-state index in [2.05, 4.69) is 158 Å². The van der Waals surface area contributed by atoms with Crippen molar-refractivity contribution in [1.29, 1.82) is 0 Å². The Balaban J connectivity index is 0.00000176. The van der Waals surface area contributed by atoms with Gasteiger partial charge in [-0.15, -0.1) is 0 Å². The number of rotatable bonds is 4. The van der Waals surface area contributed by atoms with Gasteiger partial charge in [-0.25, -0.2) is 0 Å². The number of benzene rings is 7. The molecule has 7 aromatic carbocycles. The molecule has 0 heterocycles. The maximum atomic E-state index is 6.51.